The molecule has 0 radical (unpaired) electrons. The Balaban J connectivity index is 2.03. The van der Waals surface area contributed by atoms with Gasteiger partial charge in [-0.15, -0.1) is 0 Å². The fourth-order valence-electron chi connectivity index (χ4n) is 2.54. The van der Waals surface area contributed by atoms with E-state index < -0.39 is 6.10 Å². The van der Waals surface area contributed by atoms with Crippen molar-refractivity contribution in [3.63, 3.8) is 0 Å². The number of hydrogen-bond acceptors (Lipinski definition) is 5. The molecule has 1 amide bonds. The number of thiocarbonyl (C=S) groups is 1. The molecule has 0 saturated heterocycles. The van der Waals surface area contributed by atoms with Crippen molar-refractivity contribution in [3.8, 4) is 5.75 Å². The third-order valence-corrected chi connectivity index (χ3v) is 4.30. The molecule has 0 saturated carbocycles. The topological polar surface area (TPSA) is 94.5 Å². The van der Waals surface area contributed by atoms with Gasteiger partial charge in [0.15, 0.2) is 11.6 Å². The number of nitrogens with two attached hydrogens (primary N) is 2. The minimum atomic E-state index is -0.734. The third-order valence-electron chi connectivity index (χ3n) is 3.90. The number of nitrogen functional groups attached to an aromatic ring is 1. The van der Waals surface area contributed by atoms with Crippen LogP contribution in [0, 0.1) is 5.92 Å². The predicted molar refractivity (Wildman–Crippen MR) is 96.8 cm³/mol. The van der Waals surface area contributed by atoms with Crippen molar-refractivity contribution in [2.75, 3.05) is 17.2 Å². The average Bonchev–Trinajstić information content (AvgIpc) is 2.58. The van der Waals surface area contributed by atoms with E-state index in [0.29, 0.717) is 28.9 Å². The van der Waals surface area contributed by atoms with Crippen LogP contribution in [0.1, 0.15) is 18.6 Å². The zero-order chi connectivity index (χ0) is 17.3. The number of aromatic nitrogens is 1. The summed E-state index contributed by atoms with van der Waals surface area (Å²) in [4.78, 5) is 19.1. The molecule has 2 aromatic rings. The molecule has 0 fully saturated rings. The summed E-state index contributed by atoms with van der Waals surface area (Å²) < 4.78 is 5.88. The van der Waals surface area contributed by atoms with Crippen LogP contribution < -0.4 is 21.1 Å². The lowest BCUT2D eigenvalue weighted by Crippen LogP contribution is -2.45. The van der Waals surface area contributed by atoms with Crippen LogP contribution in [0.25, 0.3) is 0 Å². The first-order valence-corrected chi connectivity index (χ1v) is 7.97. The lowest BCUT2D eigenvalue weighted by molar-refractivity contribution is -0.126. The van der Waals surface area contributed by atoms with Crippen molar-refractivity contribution in [3.05, 3.63) is 48.0 Å². The molecular weight excluding hydrogens is 324 g/mol. The quantitative estimate of drug-likeness (QED) is 0.826. The molecule has 2 atom stereocenters. The van der Waals surface area contributed by atoms with Crippen LogP contribution in [0.3, 0.4) is 0 Å². The Morgan fingerprint density at radius 3 is 2.71 bits per heavy atom. The average molecular weight is 342 g/mol. The first kappa shape index (κ1) is 16.2. The number of benzene rings is 1. The maximum absolute atomic E-state index is 13.0. The second-order valence-corrected chi connectivity index (χ2v) is 6.19. The van der Waals surface area contributed by atoms with Crippen molar-refractivity contribution in [2.24, 2.45) is 11.7 Å². The second kappa shape index (κ2) is 6.45. The molecule has 1 aliphatic rings. The van der Waals surface area contributed by atoms with Crippen LogP contribution in [0.4, 0.5) is 11.6 Å². The monoisotopic (exact) mass is 342 g/mol. The van der Waals surface area contributed by atoms with Crippen LogP contribution in [0.2, 0.25) is 0 Å². The number of fused-ring (bicyclic) bond motifs is 1. The second-order valence-electron chi connectivity index (χ2n) is 5.72. The van der Waals surface area contributed by atoms with Crippen molar-refractivity contribution in [1.29, 1.82) is 0 Å². The summed E-state index contributed by atoms with van der Waals surface area (Å²) in [5.41, 5.74) is 12.3. The molecule has 4 N–H and O–H groups in total. The number of carbonyl (C=O) groups excluding carboxylic acids is 1. The van der Waals surface area contributed by atoms with E-state index in [1.807, 2.05) is 37.3 Å². The Labute approximate surface area is 145 Å². The molecule has 0 spiro atoms. The summed E-state index contributed by atoms with van der Waals surface area (Å²) in [6.45, 7) is 2.19. The van der Waals surface area contributed by atoms with Gasteiger partial charge in [0, 0.05) is 18.0 Å². The number of nitrogens with zero attached hydrogens (tertiary/aromatic N) is 2. The highest BCUT2D eigenvalue weighted by atomic mass is 32.1. The number of ether oxygens (including phenoxy) is 1. The molecule has 1 aromatic carbocycles. The molecule has 124 valence electrons. The minimum absolute atomic E-state index is 0.158. The zero-order valence-electron chi connectivity index (χ0n) is 13.2. The number of hydrogen-bond donors (Lipinski definition) is 2. The molecule has 0 aliphatic carbocycles. The Kier molecular flexibility index (Phi) is 4.35. The highest BCUT2D eigenvalue weighted by Crippen LogP contribution is 2.38. The van der Waals surface area contributed by atoms with E-state index >= 15 is 0 Å². The first-order chi connectivity index (χ1) is 11.5. The molecule has 2 heterocycles. The highest BCUT2D eigenvalue weighted by Gasteiger charge is 2.37. The zero-order valence-corrected chi connectivity index (χ0v) is 14.0. The van der Waals surface area contributed by atoms with E-state index in [0.717, 1.165) is 5.56 Å². The number of pyridine rings is 1. The maximum atomic E-state index is 13.0. The fraction of sp³-hybridized carbons (Fsp3) is 0.235. The molecule has 1 aromatic heterocycles. The number of anilines is 2. The molecule has 1 aliphatic heterocycles. The molecule has 0 bridgehead atoms. The fourth-order valence-corrected chi connectivity index (χ4v) is 2.61. The van der Waals surface area contributed by atoms with E-state index in [9.17, 15) is 4.79 Å². The van der Waals surface area contributed by atoms with Gasteiger partial charge in [0.25, 0.3) is 5.91 Å². The molecule has 7 heteroatoms. The van der Waals surface area contributed by atoms with Gasteiger partial charge in [-0.25, -0.2) is 4.98 Å². The summed E-state index contributed by atoms with van der Waals surface area (Å²) in [6.07, 6.45) is -0.734. The Morgan fingerprint density at radius 1 is 1.33 bits per heavy atom. The van der Waals surface area contributed by atoms with Gasteiger partial charge in [-0.3, -0.25) is 9.69 Å². The number of amides is 1. The van der Waals surface area contributed by atoms with Gasteiger partial charge in [-0.05, 0) is 12.1 Å². The van der Waals surface area contributed by atoms with E-state index in [2.05, 4.69) is 4.98 Å². The number of rotatable bonds is 4. The summed E-state index contributed by atoms with van der Waals surface area (Å²) in [5, 5.41) is 0. The standard InChI is InChI=1S/C17H18N4O2S/c1-10(15(19)24)9-21-16-12(7-8-13(18)20-16)23-14(17(21)22)11-5-3-2-4-6-11/h2-8,10,14H,9H2,1H3,(H2,18,20)(H2,19,24). The van der Waals surface area contributed by atoms with Gasteiger partial charge in [0.1, 0.15) is 5.82 Å². The van der Waals surface area contributed by atoms with Gasteiger partial charge < -0.3 is 16.2 Å². The Bertz CT molecular complexity index is 781. The van der Waals surface area contributed by atoms with Crippen molar-refractivity contribution < 1.29 is 9.53 Å². The van der Waals surface area contributed by atoms with Crippen LogP contribution in [0.5, 0.6) is 5.75 Å². The number of carbonyl (C=O) groups is 1. The van der Waals surface area contributed by atoms with Crippen LogP contribution in [-0.4, -0.2) is 22.4 Å². The van der Waals surface area contributed by atoms with E-state index in [1.165, 1.54) is 0 Å². The molecule has 3 rings (SSSR count). The maximum Gasteiger partial charge on any atom is 0.274 e. The van der Waals surface area contributed by atoms with E-state index in [1.54, 1.807) is 17.0 Å². The SMILES string of the molecule is CC(CN1C(=O)C(c2ccccc2)Oc2ccc(N)nc21)C(N)=S. The van der Waals surface area contributed by atoms with Gasteiger partial charge in [-0.1, -0.05) is 49.5 Å². The minimum Gasteiger partial charge on any atom is -0.472 e. The van der Waals surface area contributed by atoms with E-state index in [-0.39, 0.29) is 11.8 Å². The van der Waals surface area contributed by atoms with E-state index in [4.69, 9.17) is 28.4 Å². The van der Waals surface area contributed by atoms with Gasteiger partial charge >= 0.3 is 0 Å². The summed E-state index contributed by atoms with van der Waals surface area (Å²) in [5.74, 6) is 0.851. The molecule has 24 heavy (non-hydrogen) atoms. The lowest BCUT2D eigenvalue weighted by atomic mass is 10.0. The Hall–Kier alpha value is -2.67. The van der Waals surface area contributed by atoms with Crippen molar-refractivity contribution >= 4 is 34.7 Å². The normalized spacial score (nSPS) is 17.8. The smallest absolute Gasteiger partial charge is 0.274 e. The highest BCUT2D eigenvalue weighted by molar-refractivity contribution is 7.80. The van der Waals surface area contributed by atoms with Gasteiger partial charge in [-0.2, -0.15) is 0 Å². The van der Waals surface area contributed by atoms with Crippen molar-refractivity contribution in [1.82, 2.24) is 4.98 Å². The van der Waals surface area contributed by atoms with Crippen LogP contribution >= 0.6 is 12.2 Å². The molecule has 6 nitrogen and oxygen atoms in total. The first-order valence-electron chi connectivity index (χ1n) is 7.56. The third kappa shape index (κ3) is 3.03. The predicted octanol–water partition coefficient (Wildman–Crippen LogP) is 2.05. The summed E-state index contributed by atoms with van der Waals surface area (Å²) in [7, 11) is 0. The largest absolute Gasteiger partial charge is 0.472 e. The van der Waals surface area contributed by atoms with Crippen LogP contribution in [-0.2, 0) is 4.79 Å². The van der Waals surface area contributed by atoms with Crippen molar-refractivity contribution in [2.45, 2.75) is 13.0 Å². The van der Waals surface area contributed by atoms with Crippen LogP contribution in [0.15, 0.2) is 42.5 Å². The molecule has 2 unspecified atom stereocenters. The summed E-state index contributed by atoms with van der Waals surface area (Å²) in [6, 6.07) is 12.7. The van der Waals surface area contributed by atoms with Gasteiger partial charge in [0.2, 0.25) is 6.10 Å². The summed E-state index contributed by atoms with van der Waals surface area (Å²) >= 11 is 5.04. The molecular formula is C17H18N4O2S. The van der Waals surface area contributed by atoms with Gasteiger partial charge in [0.05, 0.1) is 4.99 Å². The Morgan fingerprint density at radius 2 is 2.04 bits per heavy atom. The lowest BCUT2D eigenvalue weighted by Gasteiger charge is -2.34.